The monoisotopic (exact) mass is 321 g/mol. The molecule has 0 aliphatic heterocycles. The maximum absolute atomic E-state index is 8.62. The SMILES string of the molecule is N#CCCCCc1cnn2c(N)cc(Nc3cccc(N)c3)nc12. The summed E-state index contributed by atoms with van der Waals surface area (Å²) in [4.78, 5) is 4.62. The second kappa shape index (κ2) is 6.87. The number of nitrogens with two attached hydrogens (primary N) is 2. The number of nitrogens with zero attached hydrogens (tertiary/aromatic N) is 4. The van der Waals surface area contributed by atoms with E-state index >= 15 is 0 Å². The molecule has 122 valence electrons. The quantitative estimate of drug-likeness (QED) is 0.474. The van der Waals surface area contributed by atoms with Crippen molar-refractivity contribution in [1.29, 1.82) is 5.26 Å². The van der Waals surface area contributed by atoms with Crippen LogP contribution in [-0.4, -0.2) is 14.6 Å². The Labute approximate surface area is 139 Å². The van der Waals surface area contributed by atoms with Crippen LogP contribution >= 0.6 is 0 Å². The van der Waals surface area contributed by atoms with Crippen molar-refractivity contribution in [2.24, 2.45) is 0 Å². The molecule has 0 saturated heterocycles. The molecule has 0 aliphatic rings. The second-order valence-corrected chi connectivity index (χ2v) is 5.59. The molecular weight excluding hydrogens is 302 g/mol. The van der Waals surface area contributed by atoms with Gasteiger partial charge in [-0.05, 0) is 37.5 Å². The lowest BCUT2D eigenvalue weighted by Crippen LogP contribution is -2.04. The molecule has 5 N–H and O–H groups in total. The molecule has 0 spiro atoms. The van der Waals surface area contributed by atoms with Crippen LogP contribution in [0.25, 0.3) is 5.65 Å². The van der Waals surface area contributed by atoms with Crippen LogP contribution < -0.4 is 16.8 Å². The van der Waals surface area contributed by atoms with Gasteiger partial charge in [0.2, 0.25) is 0 Å². The van der Waals surface area contributed by atoms with Crippen molar-refractivity contribution in [3.63, 3.8) is 0 Å². The first-order valence-electron chi connectivity index (χ1n) is 7.80. The van der Waals surface area contributed by atoms with Crippen molar-refractivity contribution in [3.05, 3.63) is 42.1 Å². The fourth-order valence-corrected chi connectivity index (χ4v) is 2.56. The lowest BCUT2D eigenvalue weighted by atomic mass is 10.1. The van der Waals surface area contributed by atoms with Gasteiger partial charge in [0.15, 0.2) is 5.65 Å². The summed E-state index contributed by atoms with van der Waals surface area (Å²) in [6.45, 7) is 0. The molecule has 0 radical (unpaired) electrons. The van der Waals surface area contributed by atoms with E-state index in [4.69, 9.17) is 16.7 Å². The zero-order chi connectivity index (χ0) is 16.9. The number of unbranched alkanes of at least 4 members (excludes halogenated alkanes) is 2. The Hall–Kier alpha value is -3.27. The summed E-state index contributed by atoms with van der Waals surface area (Å²) in [5, 5.41) is 16.1. The van der Waals surface area contributed by atoms with Gasteiger partial charge in [0.1, 0.15) is 11.6 Å². The lowest BCUT2D eigenvalue weighted by Gasteiger charge is -2.09. The normalized spacial score (nSPS) is 10.6. The van der Waals surface area contributed by atoms with E-state index in [0.29, 0.717) is 23.7 Å². The van der Waals surface area contributed by atoms with Crippen LogP contribution in [0.5, 0.6) is 0 Å². The van der Waals surface area contributed by atoms with E-state index in [9.17, 15) is 0 Å². The summed E-state index contributed by atoms with van der Waals surface area (Å²) >= 11 is 0. The molecule has 0 amide bonds. The molecule has 7 nitrogen and oxygen atoms in total. The summed E-state index contributed by atoms with van der Waals surface area (Å²) < 4.78 is 1.63. The molecule has 0 saturated carbocycles. The van der Waals surface area contributed by atoms with Gasteiger partial charge in [0, 0.05) is 29.4 Å². The van der Waals surface area contributed by atoms with Gasteiger partial charge in [-0.25, -0.2) is 4.98 Å². The second-order valence-electron chi connectivity index (χ2n) is 5.59. The van der Waals surface area contributed by atoms with E-state index < -0.39 is 0 Å². The smallest absolute Gasteiger partial charge is 0.162 e. The van der Waals surface area contributed by atoms with Crippen molar-refractivity contribution in [2.45, 2.75) is 25.7 Å². The Morgan fingerprint density at radius 2 is 2.08 bits per heavy atom. The van der Waals surface area contributed by atoms with Crippen molar-refractivity contribution in [3.8, 4) is 6.07 Å². The highest BCUT2D eigenvalue weighted by Gasteiger charge is 2.10. The number of nitrogen functional groups attached to an aromatic ring is 2. The van der Waals surface area contributed by atoms with Gasteiger partial charge in [-0.3, -0.25) is 0 Å². The molecule has 7 heteroatoms. The van der Waals surface area contributed by atoms with E-state index in [1.165, 1.54) is 0 Å². The Bertz CT molecular complexity index is 892. The number of hydrogen-bond acceptors (Lipinski definition) is 6. The van der Waals surface area contributed by atoms with Gasteiger partial charge in [0.05, 0.1) is 12.3 Å². The largest absolute Gasteiger partial charge is 0.399 e. The minimum absolute atomic E-state index is 0.509. The molecule has 3 rings (SSSR count). The number of hydrogen-bond donors (Lipinski definition) is 3. The highest BCUT2D eigenvalue weighted by molar-refractivity contribution is 5.66. The van der Waals surface area contributed by atoms with Crippen LogP contribution in [0.3, 0.4) is 0 Å². The zero-order valence-electron chi connectivity index (χ0n) is 13.2. The highest BCUT2D eigenvalue weighted by atomic mass is 15.3. The number of anilines is 4. The number of aromatic nitrogens is 3. The van der Waals surface area contributed by atoms with Crippen LogP contribution in [0, 0.1) is 11.3 Å². The van der Waals surface area contributed by atoms with Crippen molar-refractivity contribution in [2.75, 3.05) is 16.8 Å². The minimum Gasteiger partial charge on any atom is -0.399 e. The molecule has 2 heterocycles. The molecule has 1 aromatic carbocycles. The van der Waals surface area contributed by atoms with Gasteiger partial charge >= 0.3 is 0 Å². The van der Waals surface area contributed by atoms with E-state index in [1.54, 1.807) is 16.8 Å². The molecule has 0 unspecified atom stereocenters. The molecular formula is C17H19N7. The number of aryl methyl sites for hydroxylation is 1. The van der Waals surface area contributed by atoms with E-state index in [1.807, 2.05) is 24.3 Å². The van der Waals surface area contributed by atoms with Crippen LogP contribution in [0.1, 0.15) is 24.8 Å². The Balaban J connectivity index is 1.86. The zero-order valence-corrected chi connectivity index (χ0v) is 13.2. The standard InChI is InChI=1S/C17H19N7/c18-8-3-1-2-5-12-11-21-24-15(20)10-16(23-17(12)24)22-14-7-4-6-13(19)9-14/h4,6-7,9-11H,1-3,5,19-20H2,(H,22,23). The minimum atomic E-state index is 0.509. The maximum Gasteiger partial charge on any atom is 0.162 e. The molecule has 0 aliphatic carbocycles. The first kappa shape index (κ1) is 15.6. The third-order valence-electron chi connectivity index (χ3n) is 3.72. The molecule has 0 atom stereocenters. The molecule has 2 aromatic heterocycles. The third kappa shape index (κ3) is 3.38. The Morgan fingerprint density at radius 3 is 2.88 bits per heavy atom. The summed E-state index contributed by atoms with van der Waals surface area (Å²) in [5.41, 5.74) is 15.2. The first-order chi connectivity index (χ1) is 11.7. The predicted molar refractivity (Wildman–Crippen MR) is 94.7 cm³/mol. The Kier molecular flexibility index (Phi) is 4.47. The number of nitrogens with one attached hydrogen (secondary N) is 1. The number of benzene rings is 1. The average Bonchev–Trinajstić information content (AvgIpc) is 2.95. The van der Waals surface area contributed by atoms with Crippen LogP contribution in [-0.2, 0) is 6.42 Å². The van der Waals surface area contributed by atoms with Crippen molar-refractivity contribution >= 4 is 28.7 Å². The van der Waals surface area contributed by atoms with E-state index in [0.717, 1.165) is 36.2 Å². The summed E-state index contributed by atoms with van der Waals surface area (Å²) in [6, 6.07) is 11.3. The molecule has 0 bridgehead atoms. The summed E-state index contributed by atoms with van der Waals surface area (Å²) in [7, 11) is 0. The lowest BCUT2D eigenvalue weighted by molar-refractivity contribution is 0.754. The van der Waals surface area contributed by atoms with Crippen LogP contribution in [0.2, 0.25) is 0 Å². The molecule has 0 fully saturated rings. The van der Waals surface area contributed by atoms with Crippen LogP contribution in [0.4, 0.5) is 23.0 Å². The van der Waals surface area contributed by atoms with Gasteiger partial charge in [-0.1, -0.05) is 6.07 Å². The number of nitriles is 1. The van der Waals surface area contributed by atoms with Gasteiger partial charge in [0.25, 0.3) is 0 Å². The Morgan fingerprint density at radius 1 is 1.21 bits per heavy atom. The molecule has 3 aromatic rings. The van der Waals surface area contributed by atoms with Crippen molar-refractivity contribution in [1.82, 2.24) is 14.6 Å². The van der Waals surface area contributed by atoms with Crippen molar-refractivity contribution < 1.29 is 0 Å². The fraction of sp³-hybridized carbons (Fsp3) is 0.235. The summed E-state index contributed by atoms with van der Waals surface area (Å²) in [5.74, 6) is 1.15. The van der Waals surface area contributed by atoms with Gasteiger partial charge in [-0.15, -0.1) is 0 Å². The first-order valence-corrected chi connectivity index (χ1v) is 7.80. The number of rotatable bonds is 6. The topological polar surface area (TPSA) is 118 Å². The number of fused-ring (bicyclic) bond motifs is 1. The van der Waals surface area contributed by atoms with Gasteiger partial charge in [-0.2, -0.15) is 14.9 Å². The van der Waals surface area contributed by atoms with E-state index in [-0.39, 0.29) is 0 Å². The van der Waals surface area contributed by atoms with Gasteiger partial charge < -0.3 is 16.8 Å². The van der Waals surface area contributed by atoms with E-state index in [2.05, 4.69) is 21.5 Å². The highest BCUT2D eigenvalue weighted by Crippen LogP contribution is 2.22. The maximum atomic E-state index is 8.62. The predicted octanol–water partition coefficient (Wildman–Crippen LogP) is 2.87. The average molecular weight is 321 g/mol. The fourth-order valence-electron chi connectivity index (χ4n) is 2.56. The summed E-state index contributed by atoms with van der Waals surface area (Å²) in [6.07, 6.45) is 4.96. The third-order valence-corrected chi connectivity index (χ3v) is 3.72. The van der Waals surface area contributed by atoms with Crippen LogP contribution in [0.15, 0.2) is 36.5 Å². The molecule has 24 heavy (non-hydrogen) atoms.